The first-order chi connectivity index (χ1) is 24.4. The standard InChI is InChI=1S/C39H61N3O10/c1-12-29-39(8)33(42(37(47)52-39)40-19-18-27-16-14-13-15-17-27)24(4)30(43)22(2)21-38(7,48-11)34(25(5)31(44)26(6)35(46)50-29)51-36-32(45)28(41(9)10)20-23(3)49-36/h13-17,22-26,28-29,32-34,36,40,45H,12,18-21H2,1-11H3/t22-,23-,24-,25+,26-,28+,29+,32-,33-,34-,36+,38-,39-/m1/s1. The third kappa shape index (κ3) is 8.55. The number of rotatable bonds is 9. The first-order valence-corrected chi connectivity index (χ1v) is 18.7. The van der Waals surface area contributed by atoms with E-state index < -0.39 is 83.4 Å². The molecule has 292 valence electrons. The van der Waals surface area contributed by atoms with Gasteiger partial charge in [0.15, 0.2) is 17.7 Å². The van der Waals surface area contributed by atoms with E-state index in [1.807, 2.05) is 56.3 Å². The van der Waals surface area contributed by atoms with Gasteiger partial charge in [0.2, 0.25) is 0 Å². The molecule has 3 heterocycles. The zero-order valence-electron chi connectivity index (χ0n) is 32.8. The first-order valence-electron chi connectivity index (χ1n) is 18.7. The number of ketones is 2. The molecule has 4 rings (SSSR count). The second-order valence-corrected chi connectivity index (χ2v) is 15.7. The molecule has 3 aliphatic heterocycles. The second-order valence-electron chi connectivity index (χ2n) is 15.7. The molecule has 13 nitrogen and oxygen atoms in total. The molecule has 0 bridgehead atoms. The van der Waals surface area contributed by atoms with E-state index >= 15 is 0 Å². The van der Waals surface area contributed by atoms with E-state index in [1.165, 1.54) is 19.0 Å². The molecule has 1 aromatic rings. The average Bonchev–Trinajstić information content (AvgIpc) is 3.37. The van der Waals surface area contributed by atoms with E-state index in [2.05, 4.69) is 5.43 Å². The summed E-state index contributed by atoms with van der Waals surface area (Å²) in [7, 11) is 5.23. The summed E-state index contributed by atoms with van der Waals surface area (Å²) in [6.45, 7) is 14.2. The highest BCUT2D eigenvalue weighted by atomic mass is 16.7. The summed E-state index contributed by atoms with van der Waals surface area (Å²) in [6, 6.07) is 8.66. The van der Waals surface area contributed by atoms with Crippen LogP contribution in [0.5, 0.6) is 0 Å². The van der Waals surface area contributed by atoms with Crippen LogP contribution in [-0.2, 0) is 44.5 Å². The monoisotopic (exact) mass is 731 g/mol. The van der Waals surface area contributed by atoms with Crippen molar-refractivity contribution in [3.05, 3.63) is 35.9 Å². The van der Waals surface area contributed by atoms with E-state index in [-0.39, 0.29) is 30.8 Å². The third-order valence-electron chi connectivity index (χ3n) is 11.6. The molecule has 52 heavy (non-hydrogen) atoms. The number of carbonyl (C=O) groups excluding carboxylic acids is 4. The van der Waals surface area contributed by atoms with Crippen molar-refractivity contribution in [3.8, 4) is 0 Å². The third-order valence-corrected chi connectivity index (χ3v) is 11.6. The number of esters is 1. The predicted molar refractivity (Wildman–Crippen MR) is 193 cm³/mol. The molecule has 2 N–H and O–H groups in total. The Balaban J connectivity index is 1.74. The maximum absolute atomic E-state index is 14.6. The van der Waals surface area contributed by atoms with Gasteiger partial charge in [-0.25, -0.2) is 15.2 Å². The van der Waals surface area contributed by atoms with E-state index in [0.29, 0.717) is 19.4 Å². The molecule has 1 amide bonds. The number of amides is 1. The number of hydrazine groups is 1. The number of fused-ring (bicyclic) bond motifs is 1. The van der Waals surface area contributed by atoms with Gasteiger partial charge in [-0.1, -0.05) is 58.0 Å². The molecule has 0 aliphatic carbocycles. The topological polar surface area (TPSA) is 153 Å². The molecule has 13 heteroatoms. The minimum absolute atomic E-state index is 0.125. The molecule has 3 saturated heterocycles. The van der Waals surface area contributed by atoms with Crippen molar-refractivity contribution < 1.29 is 48.0 Å². The average molecular weight is 732 g/mol. The molecule has 0 unspecified atom stereocenters. The highest BCUT2D eigenvalue weighted by Gasteiger charge is 2.61. The van der Waals surface area contributed by atoms with Gasteiger partial charge in [0.25, 0.3) is 0 Å². The zero-order valence-corrected chi connectivity index (χ0v) is 32.8. The molecule has 1 aromatic carbocycles. The number of benzene rings is 1. The van der Waals surface area contributed by atoms with Gasteiger partial charge >= 0.3 is 12.1 Å². The molecule has 3 aliphatic rings. The van der Waals surface area contributed by atoms with Crippen LogP contribution in [0.25, 0.3) is 0 Å². The van der Waals surface area contributed by atoms with Gasteiger partial charge in [-0.3, -0.25) is 14.4 Å². The van der Waals surface area contributed by atoms with Crippen LogP contribution in [0.1, 0.15) is 80.2 Å². The van der Waals surface area contributed by atoms with Crippen LogP contribution in [0.4, 0.5) is 4.79 Å². The van der Waals surface area contributed by atoms with Crippen molar-refractivity contribution in [3.63, 3.8) is 0 Å². The van der Waals surface area contributed by atoms with Gasteiger partial charge in [-0.15, -0.1) is 0 Å². The van der Waals surface area contributed by atoms with Crippen molar-refractivity contribution in [2.75, 3.05) is 27.7 Å². The lowest BCUT2D eigenvalue weighted by Crippen LogP contribution is -2.61. The molecular formula is C39H61N3O10. The minimum Gasteiger partial charge on any atom is -0.458 e. The van der Waals surface area contributed by atoms with Gasteiger partial charge in [0, 0.05) is 37.5 Å². The molecule has 0 aromatic heterocycles. The van der Waals surface area contributed by atoms with Gasteiger partial charge in [-0.2, -0.15) is 0 Å². The number of hydrogen-bond acceptors (Lipinski definition) is 12. The SMILES string of the molecule is CC[C@@H]1OC(=O)[C@H](C)C(=O)[C@H](C)[C@@H](O[C@@H]2O[C@H](C)C[C@H](N(C)C)[C@H]2O)[C@](C)(OC)C[C@@H](C)C(=O)[C@@H](C)[C@H]2N(NCCc3ccccc3)C(=O)O[C@]12C. The van der Waals surface area contributed by atoms with Crippen molar-refractivity contribution in [2.45, 2.75) is 135 Å². The van der Waals surface area contributed by atoms with Crippen molar-refractivity contribution in [2.24, 2.45) is 23.7 Å². The van der Waals surface area contributed by atoms with E-state index in [9.17, 15) is 24.3 Å². The number of carbonyl (C=O) groups is 4. The van der Waals surface area contributed by atoms with Crippen LogP contribution in [0.15, 0.2) is 30.3 Å². The number of nitrogens with zero attached hydrogens (tertiary/aromatic N) is 2. The summed E-state index contributed by atoms with van der Waals surface area (Å²) in [4.78, 5) is 58.2. The number of aliphatic hydroxyl groups excluding tert-OH is 1. The summed E-state index contributed by atoms with van der Waals surface area (Å²) in [5.41, 5.74) is 1.58. The number of cyclic esters (lactones) is 1. The fourth-order valence-electron chi connectivity index (χ4n) is 8.50. The van der Waals surface area contributed by atoms with E-state index in [4.69, 9.17) is 23.7 Å². The Morgan fingerprint density at radius 2 is 1.65 bits per heavy atom. The Morgan fingerprint density at radius 3 is 2.25 bits per heavy atom. The van der Waals surface area contributed by atoms with Crippen LogP contribution < -0.4 is 5.43 Å². The molecule has 0 radical (unpaired) electrons. The van der Waals surface area contributed by atoms with Gasteiger partial charge < -0.3 is 33.7 Å². The molecule has 13 atom stereocenters. The number of likely N-dealkylation sites (N-methyl/N-ethyl adjacent to an activating group) is 1. The normalized spacial score (nSPS) is 39.6. The predicted octanol–water partition coefficient (Wildman–Crippen LogP) is 3.94. The quantitative estimate of drug-likeness (QED) is 0.280. The lowest BCUT2D eigenvalue weighted by Gasteiger charge is -2.47. The Hall–Kier alpha value is -2.94. The Kier molecular flexibility index (Phi) is 13.7. The lowest BCUT2D eigenvalue weighted by molar-refractivity contribution is -0.295. The van der Waals surface area contributed by atoms with Crippen molar-refractivity contribution in [1.82, 2.24) is 15.3 Å². The minimum atomic E-state index is -1.43. The first kappa shape index (κ1) is 41.8. The number of aliphatic hydroxyl groups is 1. The van der Waals surface area contributed by atoms with Crippen LogP contribution in [0, 0.1) is 23.7 Å². The smallest absolute Gasteiger partial charge is 0.425 e. The summed E-state index contributed by atoms with van der Waals surface area (Å²) in [5.74, 6) is -5.02. The number of methoxy groups -OCH3 is 1. The highest BCUT2D eigenvalue weighted by Crippen LogP contribution is 2.42. The summed E-state index contributed by atoms with van der Waals surface area (Å²) in [5, 5.41) is 12.8. The van der Waals surface area contributed by atoms with Crippen molar-refractivity contribution >= 4 is 23.6 Å². The van der Waals surface area contributed by atoms with E-state index in [1.54, 1.807) is 41.5 Å². The maximum atomic E-state index is 14.6. The zero-order chi connectivity index (χ0) is 38.7. The van der Waals surface area contributed by atoms with Gasteiger partial charge in [0.05, 0.1) is 17.8 Å². The van der Waals surface area contributed by atoms with Gasteiger partial charge in [-0.05, 0) is 73.0 Å². The highest BCUT2D eigenvalue weighted by molar-refractivity contribution is 6.00. The largest absolute Gasteiger partial charge is 0.458 e. The summed E-state index contributed by atoms with van der Waals surface area (Å²) >= 11 is 0. The van der Waals surface area contributed by atoms with Crippen molar-refractivity contribution in [1.29, 1.82) is 0 Å². The fourth-order valence-corrected chi connectivity index (χ4v) is 8.50. The fraction of sp³-hybridized carbons (Fsp3) is 0.744. The Labute approximate surface area is 309 Å². The summed E-state index contributed by atoms with van der Waals surface area (Å²) in [6.07, 6.45) is -3.55. The van der Waals surface area contributed by atoms with Crippen LogP contribution in [-0.4, -0.2) is 120 Å². The number of ether oxygens (including phenoxy) is 5. The molecule has 3 fully saturated rings. The second kappa shape index (κ2) is 17.0. The van der Waals surface area contributed by atoms with Crippen LogP contribution >= 0.6 is 0 Å². The molecular weight excluding hydrogens is 670 g/mol. The molecule has 0 saturated carbocycles. The van der Waals surface area contributed by atoms with Crippen LogP contribution in [0.3, 0.4) is 0 Å². The number of hydrogen-bond donors (Lipinski definition) is 2. The number of nitrogens with one attached hydrogen (secondary N) is 1. The van der Waals surface area contributed by atoms with E-state index in [0.717, 1.165) is 5.56 Å². The van der Waals surface area contributed by atoms with Gasteiger partial charge in [0.1, 0.15) is 30.0 Å². The number of Topliss-reactive ketones (excluding diaryl/α,β-unsaturated/α-hetero) is 2. The Morgan fingerprint density at radius 1 is 1.00 bits per heavy atom. The summed E-state index contributed by atoms with van der Waals surface area (Å²) < 4.78 is 31.0. The molecule has 0 spiro atoms. The maximum Gasteiger partial charge on any atom is 0.425 e. The van der Waals surface area contributed by atoms with Crippen LogP contribution in [0.2, 0.25) is 0 Å². The Bertz CT molecular complexity index is 1410. The lowest BCUT2D eigenvalue weighted by atomic mass is 9.73.